The molecule has 0 saturated heterocycles. The second-order valence-corrected chi connectivity index (χ2v) is 4.48. The van der Waals surface area contributed by atoms with Crippen LogP contribution in [0.5, 0.6) is 5.75 Å². The minimum absolute atomic E-state index is 0.0828. The van der Waals surface area contributed by atoms with Crippen molar-refractivity contribution < 1.29 is 19.4 Å². The Labute approximate surface area is 117 Å². The average molecular weight is 372 g/mol. The largest absolute Gasteiger partial charge is 0.506 e. The van der Waals surface area contributed by atoms with Crippen molar-refractivity contribution in [2.24, 2.45) is 5.73 Å². The van der Waals surface area contributed by atoms with E-state index in [1.807, 2.05) is 22.6 Å². The van der Waals surface area contributed by atoms with Gasteiger partial charge in [0.05, 0.1) is 10.7 Å². The molecule has 0 atom stereocenters. The monoisotopic (exact) mass is 371 g/mol. The molecular weight excluding hydrogens is 360 g/mol. The molecule has 0 spiro atoms. The zero-order valence-corrected chi connectivity index (χ0v) is 12.1. The Bertz CT molecular complexity index is 433. The topological polar surface area (TPSA) is 89.6 Å². The highest BCUT2D eigenvalue weighted by Crippen LogP contribution is 2.28. The number of esters is 1. The highest BCUT2D eigenvalue weighted by atomic mass is 127. The first kappa shape index (κ1) is 16.0. The number of phenolic OH excluding ortho intramolecular Hbond substituents is 1. The van der Waals surface area contributed by atoms with E-state index in [9.17, 15) is 14.7 Å². The highest BCUT2D eigenvalue weighted by Gasteiger charge is 2.14. The number of ether oxygens (including phenoxy) is 1. The zero-order chi connectivity index (χ0) is 13.6. The van der Waals surface area contributed by atoms with Crippen LogP contribution in [0.25, 0.3) is 0 Å². The van der Waals surface area contributed by atoms with Crippen molar-refractivity contribution in [3.05, 3.63) is 26.3 Å². The summed E-state index contributed by atoms with van der Waals surface area (Å²) in [5, 5.41) is 9.85. The van der Waals surface area contributed by atoms with Crippen LogP contribution in [0.1, 0.15) is 17.3 Å². The molecular formula is C10H11ClINO4. The van der Waals surface area contributed by atoms with Gasteiger partial charge in [0.15, 0.2) is 0 Å². The number of rotatable bonds is 1. The number of carbonyl (C=O) groups is 2. The van der Waals surface area contributed by atoms with Crippen molar-refractivity contribution in [1.82, 2.24) is 0 Å². The van der Waals surface area contributed by atoms with Gasteiger partial charge in [-0.25, -0.2) is 4.79 Å². The van der Waals surface area contributed by atoms with Crippen molar-refractivity contribution in [3.63, 3.8) is 0 Å². The second-order valence-electron chi connectivity index (χ2n) is 2.89. The molecule has 0 aliphatic heterocycles. The SMILES string of the molecule is CC(N)=O.COC(=O)c1cc(Cl)cc(I)c1O. The Morgan fingerprint density at radius 3 is 2.35 bits per heavy atom. The summed E-state index contributed by atoms with van der Waals surface area (Å²) in [7, 11) is 1.25. The number of nitrogens with two attached hydrogens (primary N) is 1. The number of primary amides is 1. The van der Waals surface area contributed by atoms with E-state index in [1.54, 1.807) is 6.07 Å². The van der Waals surface area contributed by atoms with E-state index in [1.165, 1.54) is 20.1 Å². The van der Waals surface area contributed by atoms with Gasteiger partial charge < -0.3 is 15.6 Å². The summed E-state index contributed by atoms with van der Waals surface area (Å²) in [6.45, 7) is 1.31. The molecule has 0 heterocycles. The summed E-state index contributed by atoms with van der Waals surface area (Å²) >= 11 is 7.58. The fraction of sp³-hybridized carbons (Fsp3) is 0.200. The zero-order valence-electron chi connectivity index (χ0n) is 9.16. The lowest BCUT2D eigenvalue weighted by Gasteiger charge is -2.04. The lowest BCUT2D eigenvalue weighted by molar-refractivity contribution is -0.115. The van der Waals surface area contributed by atoms with Crippen molar-refractivity contribution in [3.8, 4) is 5.75 Å². The molecule has 5 nitrogen and oxygen atoms in total. The van der Waals surface area contributed by atoms with Crippen LogP contribution >= 0.6 is 34.2 Å². The van der Waals surface area contributed by atoms with Crippen LogP contribution in [0.4, 0.5) is 0 Å². The molecule has 1 rings (SSSR count). The van der Waals surface area contributed by atoms with Gasteiger partial charge in [-0.05, 0) is 34.7 Å². The van der Waals surface area contributed by atoms with Gasteiger partial charge in [0.1, 0.15) is 11.3 Å². The van der Waals surface area contributed by atoms with E-state index in [0.29, 0.717) is 8.59 Å². The Balaban J connectivity index is 0.000000557. The van der Waals surface area contributed by atoms with Crippen LogP contribution in [0.2, 0.25) is 5.02 Å². The molecule has 7 heteroatoms. The van der Waals surface area contributed by atoms with E-state index < -0.39 is 5.97 Å². The quantitative estimate of drug-likeness (QED) is 0.583. The predicted octanol–water partition coefficient (Wildman–Crippen LogP) is 1.93. The molecule has 0 aliphatic carbocycles. The summed E-state index contributed by atoms with van der Waals surface area (Å²) in [6, 6.07) is 2.93. The lowest BCUT2D eigenvalue weighted by Crippen LogP contribution is -2.02. The lowest BCUT2D eigenvalue weighted by atomic mass is 10.2. The number of aromatic hydroxyl groups is 1. The maximum atomic E-state index is 11.1. The van der Waals surface area contributed by atoms with Gasteiger partial charge in [0.2, 0.25) is 5.91 Å². The maximum absolute atomic E-state index is 11.1. The fourth-order valence-corrected chi connectivity index (χ4v) is 1.86. The Kier molecular flexibility index (Phi) is 6.89. The first-order valence-electron chi connectivity index (χ1n) is 4.32. The van der Waals surface area contributed by atoms with E-state index >= 15 is 0 Å². The standard InChI is InChI=1S/C8H6ClIO3.C2H5NO/c1-13-8(12)5-2-4(9)3-6(10)7(5)11;1-2(3)4/h2-3,11H,1H3;1H3,(H2,3,4). The first-order valence-corrected chi connectivity index (χ1v) is 5.77. The molecule has 17 heavy (non-hydrogen) atoms. The number of hydrogen-bond acceptors (Lipinski definition) is 4. The highest BCUT2D eigenvalue weighted by molar-refractivity contribution is 14.1. The van der Waals surface area contributed by atoms with Gasteiger partial charge in [-0.1, -0.05) is 11.6 Å². The normalized spacial score (nSPS) is 8.94. The summed E-state index contributed by atoms with van der Waals surface area (Å²) < 4.78 is 4.99. The Morgan fingerprint density at radius 1 is 1.47 bits per heavy atom. The van der Waals surface area contributed by atoms with Gasteiger partial charge in [-0.15, -0.1) is 0 Å². The van der Waals surface area contributed by atoms with E-state index in [0.717, 1.165) is 0 Å². The molecule has 94 valence electrons. The molecule has 0 aromatic heterocycles. The third-order valence-corrected chi connectivity index (χ3v) is 2.47. The number of phenols is 1. The molecule has 0 bridgehead atoms. The Morgan fingerprint density at radius 2 is 1.94 bits per heavy atom. The van der Waals surface area contributed by atoms with Crippen LogP contribution in [-0.4, -0.2) is 24.1 Å². The van der Waals surface area contributed by atoms with Gasteiger partial charge in [-0.2, -0.15) is 0 Å². The van der Waals surface area contributed by atoms with E-state index in [2.05, 4.69) is 10.5 Å². The average Bonchev–Trinajstić information content (AvgIpc) is 2.21. The van der Waals surface area contributed by atoms with Crippen LogP contribution in [-0.2, 0) is 9.53 Å². The number of carbonyl (C=O) groups excluding carboxylic acids is 2. The Hall–Kier alpha value is -1.02. The van der Waals surface area contributed by atoms with E-state index in [-0.39, 0.29) is 17.2 Å². The van der Waals surface area contributed by atoms with Crippen LogP contribution in [0, 0.1) is 3.57 Å². The molecule has 0 aliphatic rings. The van der Waals surface area contributed by atoms with Gasteiger partial charge in [0.25, 0.3) is 0 Å². The van der Waals surface area contributed by atoms with Crippen LogP contribution in [0.15, 0.2) is 12.1 Å². The minimum atomic E-state index is -0.599. The molecule has 0 radical (unpaired) electrons. The maximum Gasteiger partial charge on any atom is 0.341 e. The third-order valence-electron chi connectivity index (χ3n) is 1.43. The first-order chi connectivity index (χ1) is 7.79. The molecule has 1 aromatic carbocycles. The number of halogens is 2. The van der Waals surface area contributed by atoms with Gasteiger partial charge in [-0.3, -0.25) is 4.79 Å². The van der Waals surface area contributed by atoms with Crippen LogP contribution in [0.3, 0.4) is 0 Å². The molecule has 3 N–H and O–H groups in total. The van der Waals surface area contributed by atoms with Crippen LogP contribution < -0.4 is 5.73 Å². The van der Waals surface area contributed by atoms with Crippen molar-refractivity contribution in [2.45, 2.75) is 6.92 Å². The number of amides is 1. The van der Waals surface area contributed by atoms with Gasteiger partial charge >= 0.3 is 5.97 Å². The summed E-state index contributed by atoms with van der Waals surface area (Å²) in [4.78, 5) is 20.3. The fourth-order valence-electron chi connectivity index (χ4n) is 0.832. The smallest absolute Gasteiger partial charge is 0.341 e. The predicted molar refractivity (Wildman–Crippen MR) is 72.0 cm³/mol. The minimum Gasteiger partial charge on any atom is -0.506 e. The summed E-state index contributed by atoms with van der Waals surface area (Å²) in [5.41, 5.74) is 4.56. The molecule has 0 saturated carbocycles. The number of hydrogen-bond donors (Lipinski definition) is 2. The molecule has 1 aromatic rings. The summed E-state index contributed by atoms with van der Waals surface area (Å²) in [6.07, 6.45) is 0. The third kappa shape index (κ3) is 5.73. The number of benzene rings is 1. The number of methoxy groups -OCH3 is 1. The molecule has 1 amide bonds. The van der Waals surface area contributed by atoms with Crippen molar-refractivity contribution >= 4 is 46.1 Å². The van der Waals surface area contributed by atoms with Crippen molar-refractivity contribution in [1.29, 1.82) is 0 Å². The molecule has 0 unspecified atom stereocenters. The molecule has 0 fully saturated rings. The van der Waals surface area contributed by atoms with E-state index in [4.69, 9.17) is 11.6 Å². The second kappa shape index (κ2) is 7.33. The van der Waals surface area contributed by atoms with Gasteiger partial charge in [0, 0.05) is 11.9 Å². The van der Waals surface area contributed by atoms with Crippen molar-refractivity contribution in [2.75, 3.05) is 7.11 Å². The summed E-state index contributed by atoms with van der Waals surface area (Å²) in [5.74, 6) is -1.03.